The number of amides is 2. The molecule has 1 fully saturated rings. The summed E-state index contributed by atoms with van der Waals surface area (Å²) < 4.78 is 6.95. The van der Waals surface area contributed by atoms with Crippen molar-refractivity contribution in [1.82, 2.24) is 29.6 Å². The molecule has 1 aliphatic rings. The Labute approximate surface area is 258 Å². The lowest BCUT2D eigenvalue weighted by Crippen LogP contribution is -2.42. The van der Waals surface area contributed by atoms with Gasteiger partial charge in [-0.2, -0.15) is 0 Å². The number of H-pyrrole nitrogens is 1. The van der Waals surface area contributed by atoms with Crippen LogP contribution < -0.4 is 5.32 Å². The van der Waals surface area contributed by atoms with Crippen LogP contribution in [0.1, 0.15) is 36.3 Å². The van der Waals surface area contributed by atoms with Crippen LogP contribution in [0.4, 0.5) is 4.79 Å². The van der Waals surface area contributed by atoms with Crippen LogP contribution in [0, 0.1) is 0 Å². The van der Waals surface area contributed by atoms with Crippen molar-refractivity contribution in [3.63, 3.8) is 0 Å². The molecule has 1 saturated heterocycles. The SMILES string of the molecule is COC(=O)N[C@@H](C(=O)N1CCC[C@H]1c1ncc(-c2ccc(-c3cn4c(-c5ccccc5)csc4n3)cc2)[nH]1)c1ccccc1. The topological polar surface area (TPSA) is 105 Å². The molecule has 7 rings (SSSR count). The third kappa shape index (κ3) is 5.24. The number of carbonyl (C=O) groups is 2. The minimum atomic E-state index is -0.854. The molecule has 2 atom stereocenters. The molecule has 3 aromatic carbocycles. The van der Waals surface area contributed by atoms with Crippen molar-refractivity contribution in [3.8, 4) is 33.8 Å². The first kappa shape index (κ1) is 27.6. The number of rotatable bonds is 7. The minimum Gasteiger partial charge on any atom is -0.453 e. The van der Waals surface area contributed by atoms with Crippen LogP contribution in [-0.2, 0) is 9.53 Å². The van der Waals surface area contributed by atoms with Gasteiger partial charge in [0.2, 0.25) is 0 Å². The van der Waals surface area contributed by atoms with Gasteiger partial charge in [-0.15, -0.1) is 11.3 Å². The zero-order chi connectivity index (χ0) is 30.0. The monoisotopic (exact) mass is 602 g/mol. The highest BCUT2D eigenvalue weighted by Gasteiger charge is 2.37. The fourth-order valence-electron chi connectivity index (χ4n) is 5.80. The number of ether oxygens (including phenoxy) is 1. The predicted molar refractivity (Wildman–Crippen MR) is 170 cm³/mol. The average molecular weight is 603 g/mol. The second-order valence-corrected chi connectivity index (χ2v) is 11.5. The highest BCUT2D eigenvalue weighted by molar-refractivity contribution is 7.15. The molecule has 9 nitrogen and oxygen atoms in total. The smallest absolute Gasteiger partial charge is 0.407 e. The van der Waals surface area contributed by atoms with E-state index in [9.17, 15) is 9.59 Å². The number of methoxy groups -OCH3 is 1. The first-order valence-corrected chi connectivity index (χ1v) is 15.3. The van der Waals surface area contributed by atoms with Crippen LogP contribution in [-0.4, -0.2) is 49.9 Å². The van der Waals surface area contributed by atoms with Gasteiger partial charge in [0.25, 0.3) is 5.91 Å². The first-order chi connectivity index (χ1) is 21.6. The van der Waals surface area contributed by atoms with Gasteiger partial charge in [-0.05, 0) is 29.5 Å². The van der Waals surface area contributed by atoms with E-state index in [2.05, 4.69) is 67.7 Å². The summed E-state index contributed by atoms with van der Waals surface area (Å²) in [4.78, 5) is 41.7. The number of thiazole rings is 1. The normalized spacial score (nSPS) is 15.4. The highest BCUT2D eigenvalue weighted by Crippen LogP contribution is 2.35. The maximum Gasteiger partial charge on any atom is 0.407 e. The largest absolute Gasteiger partial charge is 0.453 e. The Kier molecular flexibility index (Phi) is 7.41. The number of aromatic nitrogens is 4. The number of nitrogens with one attached hydrogen (secondary N) is 2. The van der Waals surface area contributed by atoms with E-state index in [-0.39, 0.29) is 11.9 Å². The van der Waals surface area contributed by atoms with Gasteiger partial charge in [0.15, 0.2) is 4.96 Å². The van der Waals surface area contributed by atoms with Crippen LogP contribution >= 0.6 is 11.3 Å². The third-order valence-electron chi connectivity index (χ3n) is 8.04. The molecule has 0 spiro atoms. The van der Waals surface area contributed by atoms with Crippen molar-refractivity contribution in [2.24, 2.45) is 0 Å². The summed E-state index contributed by atoms with van der Waals surface area (Å²) in [5.41, 5.74) is 6.79. The highest BCUT2D eigenvalue weighted by atomic mass is 32.1. The van der Waals surface area contributed by atoms with E-state index in [1.807, 2.05) is 54.7 Å². The van der Waals surface area contributed by atoms with Gasteiger partial charge in [0, 0.05) is 23.7 Å². The molecular weight excluding hydrogens is 572 g/mol. The van der Waals surface area contributed by atoms with E-state index in [0.29, 0.717) is 12.1 Å². The number of alkyl carbamates (subject to hydrolysis) is 1. The zero-order valence-electron chi connectivity index (χ0n) is 24.0. The number of aromatic amines is 1. The molecule has 4 heterocycles. The lowest BCUT2D eigenvalue weighted by Gasteiger charge is -2.28. The number of carbonyl (C=O) groups excluding carboxylic acids is 2. The molecule has 0 aliphatic carbocycles. The van der Waals surface area contributed by atoms with Gasteiger partial charge in [0.1, 0.15) is 11.9 Å². The molecular formula is C34H30N6O3S. The van der Waals surface area contributed by atoms with E-state index in [1.165, 1.54) is 7.11 Å². The maximum absolute atomic E-state index is 13.8. The van der Waals surface area contributed by atoms with E-state index >= 15 is 0 Å². The Morgan fingerprint density at radius 2 is 1.70 bits per heavy atom. The van der Waals surface area contributed by atoms with Gasteiger partial charge >= 0.3 is 6.09 Å². The summed E-state index contributed by atoms with van der Waals surface area (Å²) in [6, 6.07) is 26.7. The number of nitrogens with zero attached hydrogens (tertiary/aromatic N) is 4. The summed E-state index contributed by atoms with van der Waals surface area (Å²) >= 11 is 1.63. The summed E-state index contributed by atoms with van der Waals surface area (Å²) in [7, 11) is 1.29. The summed E-state index contributed by atoms with van der Waals surface area (Å²) in [6.07, 6.45) is 4.86. The molecule has 0 saturated carbocycles. The molecule has 2 amide bonds. The number of benzene rings is 3. The lowest BCUT2D eigenvalue weighted by molar-refractivity contribution is -0.134. The summed E-state index contributed by atoms with van der Waals surface area (Å²) in [5, 5.41) is 4.85. The van der Waals surface area contributed by atoms with Crippen molar-refractivity contribution < 1.29 is 14.3 Å². The second kappa shape index (κ2) is 11.8. The lowest BCUT2D eigenvalue weighted by atomic mass is 10.1. The molecule has 10 heteroatoms. The molecule has 44 heavy (non-hydrogen) atoms. The van der Waals surface area contributed by atoms with Crippen LogP contribution in [0.2, 0.25) is 0 Å². The van der Waals surface area contributed by atoms with E-state index < -0.39 is 12.1 Å². The van der Waals surface area contributed by atoms with Gasteiger partial charge in [-0.25, -0.2) is 14.8 Å². The summed E-state index contributed by atoms with van der Waals surface area (Å²) in [6.45, 7) is 0.578. The van der Waals surface area contributed by atoms with Crippen molar-refractivity contribution in [1.29, 1.82) is 0 Å². The van der Waals surface area contributed by atoms with Gasteiger partial charge < -0.3 is 19.9 Å². The first-order valence-electron chi connectivity index (χ1n) is 14.5. The molecule has 6 aromatic rings. The molecule has 220 valence electrons. The number of likely N-dealkylation sites (tertiary alicyclic amines) is 1. The van der Waals surface area contributed by atoms with Crippen LogP contribution in [0.15, 0.2) is 103 Å². The number of hydrogen-bond donors (Lipinski definition) is 2. The van der Waals surface area contributed by atoms with Crippen molar-refractivity contribution in [3.05, 3.63) is 114 Å². The zero-order valence-corrected chi connectivity index (χ0v) is 24.8. The molecule has 0 radical (unpaired) electrons. The summed E-state index contributed by atoms with van der Waals surface area (Å²) in [5.74, 6) is 0.532. The number of fused-ring (bicyclic) bond motifs is 1. The Morgan fingerprint density at radius 3 is 2.45 bits per heavy atom. The maximum atomic E-state index is 13.8. The Bertz CT molecular complexity index is 1910. The van der Waals surface area contributed by atoms with Crippen LogP contribution in [0.5, 0.6) is 0 Å². The van der Waals surface area contributed by atoms with E-state index in [0.717, 1.165) is 57.4 Å². The molecule has 2 N–H and O–H groups in total. The van der Waals surface area contributed by atoms with E-state index in [1.54, 1.807) is 16.2 Å². The number of hydrogen-bond acceptors (Lipinski definition) is 6. The van der Waals surface area contributed by atoms with E-state index in [4.69, 9.17) is 9.72 Å². The molecule has 3 aromatic heterocycles. The number of imidazole rings is 2. The van der Waals surface area contributed by atoms with Gasteiger partial charge in [-0.1, -0.05) is 84.9 Å². The van der Waals surface area contributed by atoms with Crippen LogP contribution in [0.25, 0.3) is 38.7 Å². The Hall–Kier alpha value is -5.22. The van der Waals surface area contributed by atoms with Crippen molar-refractivity contribution in [2.75, 3.05) is 13.7 Å². The predicted octanol–water partition coefficient (Wildman–Crippen LogP) is 6.88. The fraction of sp³-hybridized carbons (Fsp3) is 0.176. The van der Waals surface area contributed by atoms with Crippen LogP contribution in [0.3, 0.4) is 0 Å². The van der Waals surface area contributed by atoms with Gasteiger partial charge in [-0.3, -0.25) is 9.20 Å². The average Bonchev–Trinajstić information content (AvgIpc) is 3.88. The Balaban J connectivity index is 1.10. The Morgan fingerprint density at radius 1 is 0.977 bits per heavy atom. The standard InChI is InChI=1S/C34H30N6O3S/c1-43-34(42)38-30(25-11-6-3-7-12-25)32(41)39-18-8-13-28(39)31-35-19-26(36-31)22-14-16-23(17-15-22)27-20-40-29(21-44-33(40)37-27)24-9-4-2-5-10-24/h2-7,9-12,14-17,19-21,28,30H,8,13,18H2,1H3,(H,35,36)(H,38,42)/t28-,30+/m0/s1. The van der Waals surface area contributed by atoms with Crippen molar-refractivity contribution >= 4 is 28.3 Å². The quantitative estimate of drug-likeness (QED) is 0.207. The van der Waals surface area contributed by atoms with Gasteiger partial charge in [0.05, 0.1) is 36.4 Å². The third-order valence-corrected chi connectivity index (χ3v) is 8.88. The molecule has 0 bridgehead atoms. The fourth-order valence-corrected chi connectivity index (χ4v) is 6.69. The second-order valence-electron chi connectivity index (χ2n) is 10.7. The minimum absolute atomic E-state index is 0.193. The van der Waals surface area contributed by atoms with Crippen molar-refractivity contribution in [2.45, 2.75) is 24.9 Å². The molecule has 0 unspecified atom stereocenters. The molecule has 1 aliphatic heterocycles.